The molecule has 386 valence electrons. The fraction of sp³-hybridized carbons (Fsp3) is 0.830. The fourth-order valence-electron chi connectivity index (χ4n) is 6.50. The third kappa shape index (κ3) is 38.9. The van der Waals surface area contributed by atoms with Gasteiger partial charge in [0.1, 0.15) is 32.2 Å². The van der Waals surface area contributed by atoms with Gasteiger partial charge in [-0.1, -0.05) is 58.3 Å². The summed E-state index contributed by atoms with van der Waals surface area (Å²) in [4.78, 5) is 95.6. The van der Waals surface area contributed by atoms with Gasteiger partial charge < -0.3 is 53.8 Å². The zero-order valence-corrected chi connectivity index (χ0v) is 40.5. The second-order valence-electron chi connectivity index (χ2n) is 16.4. The third-order valence-corrected chi connectivity index (χ3v) is 10.2. The molecule has 0 aromatic heterocycles. The standard InChI is InChI=1S/C47H82N4O16/c1-39-34-46(58)51(47(39)59)21-17-41(53)14-11-9-7-5-3-4-6-8-10-12-16-43(55)48-18-23-61-28-32-66-37-45(57)50-20-25-63-29-33-67-38-44(56)49-19-24-62-27-31-65-36-42(54)15-13-22-60-26-30-64-35-40(2)52/h39H,3-38H2,1-2H3,(H,48,55)(H,49,56)(H,50,57). The summed E-state index contributed by atoms with van der Waals surface area (Å²) in [6.07, 6.45) is 13.0. The second kappa shape index (κ2) is 43.5. The Bertz CT molecular complexity index is 1390. The van der Waals surface area contributed by atoms with E-state index in [9.17, 15) is 38.4 Å². The summed E-state index contributed by atoms with van der Waals surface area (Å²) in [6, 6.07) is 0. The van der Waals surface area contributed by atoms with Crippen LogP contribution < -0.4 is 16.0 Å². The topological polar surface area (TPSA) is 250 Å². The number of ether oxygens (including phenoxy) is 8. The SMILES string of the molecule is CC(=O)COCCOCCCC(=O)COCCOCCNC(=O)COCCOCCNC(=O)COCCOCCNC(=O)CCCCCCCCCCCCC(=O)CCN1C(=O)CC(C)C1=O. The predicted octanol–water partition coefficient (Wildman–Crippen LogP) is 2.44. The van der Waals surface area contributed by atoms with Crippen molar-refractivity contribution < 1.29 is 76.3 Å². The quantitative estimate of drug-likeness (QED) is 0.0585. The van der Waals surface area contributed by atoms with E-state index in [1.54, 1.807) is 6.92 Å². The van der Waals surface area contributed by atoms with Crippen molar-refractivity contribution in [2.45, 2.75) is 117 Å². The van der Waals surface area contributed by atoms with Gasteiger partial charge >= 0.3 is 0 Å². The lowest BCUT2D eigenvalue weighted by atomic mass is 10.0. The van der Waals surface area contributed by atoms with Crippen LogP contribution in [0.5, 0.6) is 0 Å². The largest absolute Gasteiger partial charge is 0.379 e. The van der Waals surface area contributed by atoms with Gasteiger partial charge in [-0.15, -0.1) is 0 Å². The van der Waals surface area contributed by atoms with Crippen molar-refractivity contribution in [3.05, 3.63) is 0 Å². The third-order valence-electron chi connectivity index (χ3n) is 10.2. The average Bonchev–Trinajstić information content (AvgIpc) is 3.54. The van der Waals surface area contributed by atoms with E-state index in [1.807, 2.05) is 0 Å². The molecule has 0 saturated carbocycles. The summed E-state index contributed by atoms with van der Waals surface area (Å²) in [6.45, 7) is 7.86. The van der Waals surface area contributed by atoms with Crippen LogP contribution in [0.2, 0.25) is 0 Å². The van der Waals surface area contributed by atoms with Crippen LogP contribution in [0.25, 0.3) is 0 Å². The molecule has 0 spiro atoms. The van der Waals surface area contributed by atoms with Crippen LogP contribution in [0.15, 0.2) is 0 Å². The number of hydrogen-bond donors (Lipinski definition) is 3. The number of Topliss-reactive ketones (excluding diaryl/α,β-unsaturated/α-hetero) is 3. The highest BCUT2D eigenvalue weighted by molar-refractivity contribution is 6.03. The van der Waals surface area contributed by atoms with Gasteiger partial charge in [-0.25, -0.2) is 0 Å². The van der Waals surface area contributed by atoms with Crippen molar-refractivity contribution in [1.82, 2.24) is 20.9 Å². The van der Waals surface area contributed by atoms with Gasteiger partial charge in [0.25, 0.3) is 0 Å². The molecule has 0 aliphatic carbocycles. The molecule has 67 heavy (non-hydrogen) atoms. The molecule has 5 amide bonds. The Morgan fingerprint density at radius 1 is 0.448 bits per heavy atom. The molecule has 1 rings (SSSR count). The Kier molecular flexibility index (Phi) is 39.8. The van der Waals surface area contributed by atoms with Crippen LogP contribution in [0.3, 0.4) is 0 Å². The highest BCUT2D eigenvalue weighted by atomic mass is 16.5. The molecule has 1 atom stereocenters. The molecule has 0 aromatic carbocycles. The zero-order valence-electron chi connectivity index (χ0n) is 40.5. The lowest BCUT2D eigenvalue weighted by molar-refractivity contribution is -0.139. The number of nitrogens with zero attached hydrogens (tertiary/aromatic N) is 1. The molecular weight excluding hydrogens is 877 g/mol. The number of hydrogen-bond acceptors (Lipinski definition) is 16. The number of likely N-dealkylation sites (tertiary alicyclic amines) is 1. The minimum absolute atomic E-state index is 0.00160. The molecule has 1 fully saturated rings. The lowest BCUT2D eigenvalue weighted by Gasteiger charge is -2.13. The maximum absolute atomic E-state index is 12.1. The molecule has 0 aromatic rings. The van der Waals surface area contributed by atoms with Gasteiger partial charge in [0.2, 0.25) is 29.5 Å². The van der Waals surface area contributed by atoms with E-state index in [1.165, 1.54) is 24.7 Å². The van der Waals surface area contributed by atoms with Crippen molar-refractivity contribution in [3.63, 3.8) is 0 Å². The zero-order chi connectivity index (χ0) is 49.0. The van der Waals surface area contributed by atoms with Crippen molar-refractivity contribution in [1.29, 1.82) is 0 Å². The number of imide groups is 1. The molecule has 1 aliphatic rings. The van der Waals surface area contributed by atoms with Crippen LogP contribution >= 0.6 is 0 Å². The highest BCUT2D eigenvalue weighted by Gasteiger charge is 2.35. The van der Waals surface area contributed by atoms with Crippen LogP contribution in [0, 0.1) is 5.92 Å². The number of carbonyl (C=O) groups is 8. The van der Waals surface area contributed by atoms with Gasteiger partial charge in [-0.3, -0.25) is 43.3 Å². The second-order valence-corrected chi connectivity index (χ2v) is 16.4. The maximum atomic E-state index is 12.1. The van der Waals surface area contributed by atoms with Crippen LogP contribution in [-0.4, -0.2) is 184 Å². The van der Waals surface area contributed by atoms with Gasteiger partial charge in [0, 0.05) is 70.8 Å². The molecule has 0 radical (unpaired) electrons. The van der Waals surface area contributed by atoms with Crippen molar-refractivity contribution in [2.75, 3.05) is 132 Å². The van der Waals surface area contributed by atoms with Gasteiger partial charge in [0.15, 0.2) is 11.6 Å². The fourth-order valence-corrected chi connectivity index (χ4v) is 6.50. The summed E-state index contributed by atoms with van der Waals surface area (Å²) in [5, 5.41) is 8.22. The summed E-state index contributed by atoms with van der Waals surface area (Å²) in [5.41, 5.74) is 0. The Morgan fingerprint density at radius 3 is 1.33 bits per heavy atom. The van der Waals surface area contributed by atoms with Crippen molar-refractivity contribution >= 4 is 46.9 Å². The minimum atomic E-state index is -0.292. The Hall–Kier alpha value is -3.76. The highest BCUT2D eigenvalue weighted by Crippen LogP contribution is 2.19. The van der Waals surface area contributed by atoms with Crippen molar-refractivity contribution in [2.24, 2.45) is 5.92 Å². The first-order valence-corrected chi connectivity index (χ1v) is 24.3. The number of rotatable bonds is 49. The lowest BCUT2D eigenvalue weighted by Crippen LogP contribution is -2.32. The van der Waals surface area contributed by atoms with E-state index in [-0.39, 0.29) is 145 Å². The Balaban J connectivity index is 1.76. The summed E-state index contributed by atoms with van der Waals surface area (Å²) in [5.74, 6) is -1.12. The molecule has 1 unspecified atom stereocenters. The van der Waals surface area contributed by atoms with E-state index >= 15 is 0 Å². The summed E-state index contributed by atoms with van der Waals surface area (Å²) >= 11 is 0. The van der Waals surface area contributed by atoms with Crippen LogP contribution in [0.1, 0.15) is 117 Å². The first-order chi connectivity index (χ1) is 32.5. The van der Waals surface area contributed by atoms with Crippen LogP contribution in [-0.2, 0) is 76.3 Å². The predicted molar refractivity (Wildman–Crippen MR) is 246 cm³/mol. The number of unbranched alkanes of at least 4 members (excludes halogenated alkanes) is 9. The first kappa shape index (κ1) is 61.3. The summed E-state index contributed by atoms with van der Waals surface area (Å²) < 4.78 is 42.6. The minimum Gasteiger partial charge on any atom is -0.379 e. The molecule has 1 heterocycles. The smallest absolute Gasteiger partial charge is 0.246 e. The van der Waals surface area contributed by atoms with E-state index in [2.05, 4.69) is 16.0 Å². The van der Waals surface area contributed by atoms with E-state index in [4.69, 9.17) is 37.9 Å². The average molecular weight is 959 g/mol. The Labute approximate surface area is 397 Å². The number of ketones is 3. The molecule has 3 N–H and O–H groups in total. The molecule has 20 nitrogen and oxygen atoms in total. The number of amides is 5. The normalized spacial score (nSPS) is 13.6. The molecule has 1 saturated heterocycles. The van der Waals surface area contributed by atoms with Gasteiger partial charge in [0.05, 0.1) is 72.7 Å². The van der Waals surface area contributed by atoms with E-state index < -0.39 is 0 Å². The van der Waals surface area contributed by atoms with E-state index in [0.717, 1.165) is 51.4 Å². The summed E-state index contributed by atoms with van der Waals surface area (Å²) in [7, 11) is 0. The maximum Gasteiger partial charge on any atom is 0.246 e. The molecule has 0 bridgehead atoms. The first-order valence-electron chi connectivity index (χ1n) is 24.3. The molecule has 20 heteroatoms. The molecular formula is C47H82N4O16. The van der Waals surface area contributed by atoms with Crippen LogP contribution in [0.4, 0.5) is 0 Å². The van der Waals surface area contributed by atoms with Gasteiger partial charge in [-0.05, 0) is 26.2 Å². The monoisotopic (exact) mass is 959 g/mol. The van der Waals surface area contributed by atoms with Crippen molar-refractivity contribution in [3.8, 4) is 0 Å². The van der Waals surface area contributed by atoms with E-state index in [0.29, 0.717) is 78.4 Å². The Morgan fingerprint density at radius 2 is 0.851 bits per heavy atom. The number of carbonyl (C=O) groups excluding carboxylic acids is 8. The van der Waals surface area contributed by atoms with Gasteiger partial charge in [-0.2, -0.15) is 0 Å². The number of nitrogens with one attached hydrogen (secondary N) is 3. The molecule has 1 aliphatic heterocycles.